The highest BCUT2D eigenvalue weighted by molar-refractivity contribution is 6.06. The van der Waals surface area contributed by atoms with Crippen molar-refractivity contribution >= 4 is 23.0 Å². The maximum Gasteiger partial charge on any atom is 0.303 e. The zero-order valence-corrected chi connectivity index (χ0v) is 12.6. The number of aliphatic carboxylic acids is 1. The normalized spacial score (nSPS) is 10.9. The van der Waals surface area contributed by atoms with E-state index < -0.39 is 5.97 Å². The van der Waals surface area contributed by atoms with Gasteiger partial charge in [0.2, 0.25) is 5.71 Å². The smallest absolute Gasteiger partial charge is 0.303 e. The second kappa shape index (κ2) is 6.00. The molecule has 1 amide bonds. The molecule has 0 bridgehead atoms. The third-order valence-electron chi connectivity index (χ3n) is 3.39. The van der Waals surface area contributed by atoms with E-state index in [0.717, 1.165) is 0 Å². The van der Waals surface area contributed by atoms with Crippen molar-refractivity contribution < 1.29 is 19.1 Å². The Hall–Kier alpha value is -2.64. The highest BCUT2D eigenvalue weighted by Crippen LogP contribution is 2.22. The predicted octanol–water partition coefficient (Wildman–Crippen LogP) is 0.772. The predicted molar refractivity (Wildman–Crippen MR) is 77.8 cm³/mol. The maximum absolute atomic E-state index is 12.5. The molecule has 0 spiro atoms. The lowest BCUT2D eigenvalue weighted by atomic mass is 10.1. The third kappa shape index (κ3) is 2.85. The van der Waals surface area contributed by atoms with Gasteiger partial charge in [0.05, 0.1) is 5.56 Å². The molecule has 0 radical (unpaired) electrons. The minimum absolute atomic E-state index is 0.0218. The molecule has 2 rings (SSSR count). The number of carbonyl (C=O) groups is 2. The average molecular weight is 307 g/mol. The van der Waals surface area contributed by atoms with Crippen molar-refractivity contribution in [3.8, 4) is 0 Å². The van der Waals surface area contributed by atoms with Gasteiger partial charge in [-0.25, -0.2) is 4.98 Å². The van der Waals surface area contributed by atoms with E-state index in [-0.39, 0.29) is 41.1 Å². The van der Waals surface area contributed by atoms with Crippen LogP contribution in [0.3, 0.4) is 0 Å². The molecule has 1 N–H and O–H groups in total. The van der Waals surface area contributed by atoms with E-state index in [0.29, 0.717) is 12.2 Å². The molecule has 8 heteroatoms. The van der Waals surface area contributed by atoms with E-state index in [2.05, 4.69) is 4.98 Å². The Morgan fingerprint density at radius 3 is 2.77 bits per heavy atom. The molecule has 0 aliphatic carbocycles. The van der Waals surface area contributed by atoms with Crippen LogP contribution in [0.15, 0.2) is 15.5 Å². The van der Waals surface area contributed by atoms with E-state index in [9.17, 15) is 14.4 Å². The summed E-state index contributed by atoms with van der Waals surface area (Å²) < 4.78 is 6.66. The van der Waals surface area contributed by atoms with Crippen molar-refractivity contribution in [3.63, 3.8) is 0 Å². The summed E-state index contributed by atoms with van der Waals surface area (Å²) >= 11 is 0. The van der Waals surface area contributed by atoms with Crippen molar-refractivity contribution in [2.45, 2.75) is 19.8 Å². The lowest BCUT2D eigenvalue weighted by Crippen LogP contribution is -2.29. The van der Waals surface area contributed by atoms with Crippen molar-refractivity contribution in [1.82, 2.24) is 14.5 Å². The first-order valence-corrected chi connectivity index (χ1v) is 6.75. The first-order valence-electron chi connectivity index (χ1n) is 6.75. The number of carbonyl (C=O) groups excluding carboxylic acids is 1. The van der Waals surface area contributed by atoms with E-state index >= 15 is 0 Å². The molecular formula is C14H17N3O5. The highest BCUT2D eigenvalue weighted by atomic mass is 16.4. The van der Waals surface area contributed by atoms with Crippen molar-refractivity contribution in [1.29, 1.82) is 0 Å². The fourth-order valence-electron chi connectivity index (χ4n) is 2.20. The van der Waals surface area contributed by atoms with Crippen LogP contribution in [0.2, 0.25) is 0 Å². The molecule has 118 valence electrons. The van der Waals surface area contributed by atoms with Gasteiger partial charge in [0.1, 0.15) is 17.5 Å². The number of carboxylic acid groups (broad SMARTS) is 1. The molecular weight excluding hydrogens is 290 g/mol. The van der Waals surface area contributed by atoms with E-state index in [1.165, 1.54) is 15.8 Å². The number of aromatic nitrogens is 2. The summed E-state index contributed by atoms with van der Waals surface area (Å²) in [6.07, 6.45) is 1.65. The van der Waals surface area contributed by atoms with Gasteiger partial charge in [0.15, 0.2) is 0 Å². The largest absolute Gasteiger partial charge is 0.481 e. The van der Waals surface area contributed by atoms with Gasteiger partial charge >= 0.3 is 5.97 Å². The summed E-state index contributed by atoms with van der Waals surface area (Å²) in [6, 6.07) is 0. The minimum atomic E-state index is -0.913. The molecule has 0 fully saturated rings. The van der Waals surface area contributed by atoms with Crippen LogP contribution in [0.4, 0.5) is 0 Å². The second-order valence-corrected chi connectivity index (χ2v) is 5.10. The topological polar surface area (TPSA) is 106 Å². The van der Waals surface area contributed by atoms with Gasteiger partial charge in [-0.1, -0.05) is 0 Å². The standard InChI is InChI=1S/C14H17N3O5/c1-8-10(13(20)16(2)6-4-5-9(18)19)11-12(22-8)15-7-17(3)14(11)21/h7H,4-6H2,1-3H3,(H,18,19). The molecule has 0 saturated heterocycles. The number of hydrogen-bond donors (Lipinski definition) is 1. The monoisotopic (exact) mass is 307 g/mol. The molecule has 8 nitrogen and oxygen atoms in total. The zero-order valence-electron chi connectivity index (χ0n) is 12.6. The lowest BCUT2D eigenvalue weighted by molar-refractivity contribution is -0.137. The molecule has 0 saturated carbocycles. The summed E-state index contributed by atoms with van der Waals surface area (Å²) in [5.74, 6) is -0.975. The first kappa shape index (κ1) is 15.7. The van der Waals surface area contributed by atoms with Gasteiger partial charge < -0.3 is 19.0 Å². The van der Waals surface area contributed by atoms with E-state index in [1.807, 2.05) is 0 Å². The number of aryl methyl sites for hydroxylation is 2. The molecule has 0 aliphatic heterocycles. The maximum atomic E-state index is 12.5. The summed E-state index contributed by atoms with van der Waals surface area (Å²) in [4.78, 5) is 40.6. The minimum Gasteiger partial charge on any atom is -0.481 e. The summed E-state index contributed by atoms with van der Waals surface area (Å²) in [5.41, 5.74) is -0.0476. The van der Waals surface area contributed by atoms with Crippen molar-refractivity contribution in [3.05, 3.63) is 28.0 Å². The molecule has 0 unspecified atom stereocenters. The number of rotatable bonds is 5. The van der Waals surface area contributed by atoms with Crippen molar-refractivity contribution in [2.24, 2.45) is 7.05 Å². The Morgan fingerprint density at radius 1 is 1.45 bits per heavy atom. The molecule has 0 aromatic carbocycles. The average Bonchev–Trinajstić information content (AvgIpc) is 2.78. The first-order chi connectivity index (χ1) is 10.3. The van der Waals surface area contributed by atoms with Gasteiger partial charge in [-0.05, 0) is 13.3 Å². The number of carboxylic acids is 1. The summed E-state index contributed by atoms with van der Waals surface area (Å²) in [7, 11) is 3.10. The van der Waals surface area contributed by atoms with Gasteiger partial charge in [0, 0.05) is 27.1 Å². The van der Waals surface area contributed by atoms with Crippen molar-refractivity contribution in [2.75, 3.05) is 13.6 Å². The number of fused-ring (bicyclic) bond motifs is 1. The fourth-order valence-corrected chi connectivity index (χ4v) is 2.20. The Kier molecular flexibility index (Phi) is 4.30. The van der Waals surface area contributed by atoms with Crippen LogP contribution in [0, 0.1) is 6.92 Å². The quantitative estimate of drug-likeness (QED) is 0.874. The SMILES string of the molecule is Cc1oc2ncn(C)c(=O)c2c1C(=O)N(C)CCCC(=O)O. The third-order valence-corrected chi connectivity index (χ3v) is 3.39. The Labute approximate surface area is 126 Å². The van der Waals surface area contributed by atoms with Crippen LogP contribution in [-0.2, 0) is 11.8 Å². The van der Waals surface area contributed by atoms with Crippen LogP contribution >= 0.6 is 0 Å². The number of hydrogen-bond acceptors (Lipinski definition) is 5. The van der Waals surface area contributed by atoms with Gasteiger partial charge in [-0.3, -0.25) is 14.4 Å². The van der Waals surface area contributed by atoms with Gasteiger partial charge in [-0.2, -0.15) is 0 Å². The van der Waals surface area contributed by atoms with Crippen LogP contribution in [0.25, 0.3) is 11.1 Å². The van der Waals surface area contributed by atoms with E-state index in [4.69, 9.17) is 9.52 Å². The van der Waals surface area contributed by atoms with E-state index in [1.54, 1.807) is 21.0 Å². The Balaban J connectivity index is 2.35. The highest BCUT2D eigenvalue weighted by Gasteiger charge is 2.24. The number of furan rings is 1. The summed E-state index contributed by atoms with van der Waals surface area (Å²) in [6.45, 7) is 1.87. The molecule has 2 aromatic rings. The zero-order chi connectivity index (χ0) is 16.4. The van der Waals surface area contributed by atoms with Crippen LogP contribution in [0.1, 0.15) is 29.0 Å². The van der Waals surface area contributed by atoms with Gasteiger partial charge in [-0.15, -0.1) is 0 Å². The van der Waals surface area contributed by atoms with Gasteiger partial charge in [0.25, 0.3) is 11.5 Å². The van der Waals surface area contributed by atoms with Crippen LogP contribution < -0.4 is 5.56 Å². The van der Waals surface area contributed by atoms with Crippen LogP contribution in [-0.4, -0.2) is 45.0 Å². The lowest BCUT2D eigenvalue weighted by Gasteiger charge is -2.16. The number of amides is 1. The molecule has 2 heterocycles. The molecule has 0 aliphatic rings. The molecule has 0 atom stereocenters. The molecule has 22 heavy (non-hydrogen) atoms. The fraction of sp³-hybridized carbons (Fsp3) is 0.429. The number of nitrogens with zero attached hydrogens (tertiary/aromatic N) is 3. The Bertz CT molecular complexity index is 790. The van der Waals surface area contributed by atoms with Crippen LogP contribution in [0.5, 0.6) is 0 Å². The molecule has 2 aromatic heterocycles. The Morgan fingerprint density at radius 2 is 2.14 bits per heavy atom. The second-order valence-electron chi connectivity index (χ2n) is 5.10. The summed E-state index contributed by atoms with van der Waals surface area (Å²) in [5, 5.41) is 8.78.